The summed E-state index contributed by atoms with van der Waals surface area (Å²) in [6, 6.07) is 0. The Bertz CT molecular complexity index is 1310. The highest BCUT2D eigenvalue weighted by molar-refractivity contribution is 5.37. The van der Waals surface area contributed by atoms with Crippen LogP contribution in [0.2, 0.25) is 0 Å². The number of rotatable bonds is 10. The number of hydrogen-bond acceptors (Lipinski definition) is 2. The smallest absolute Gasteiger partial charge is 0.121 e. The Kier molecular flexibility index (Phi) is 11.3. The van der Waals surface area contributed by atoms with Crippen molar-refractivity contribution >= 4 is 0 Å². The van der Waals surface area contributed by atoms with E-state index in [1.807, 2.05) is 6.08 Å². The highest BCUT2D eigenvalue weighted by Gasteiger charge is 2.74. The molecule has 2 nitrogen and oxygen atoms in total. The molecule has 0 unspecified atom stereocenters. The van der Waals surface area contributed by atoms with E-state index in [-0.39, 0.29) is 28.1 Å². The summed E-state index contributed by atoms with van der Waals surface area (Å²) in [5.74, 6) is 1.06. The Morgan fingerprint density at radius 2 is 1.26 bits per heavy atom. The Morgan fingerprint density at radius 3 is 1.79 bits per heavy atom. The number of aliphatic hydroxyl groups is 1. The Morgan fingerprint density at radius 1 is 0.744 bits per heavy atom. The first-order chi connectivity index (χ1) is 20.0. The van der Waals surface area contributed by atoms with Crippen molar-refractivity contribution in [2.75, 3.05) is 0 Å². The number of allylic oxidation sites excluding steroid dienone is 18. The van der Waals surface area contributed by atoms with E-state index in [4.69, 9.17) is 4.74 Å². The molecule has 2 heteroatoms. The summed E-state index contributed by atoms with van der Waals surface area (Å²) in [5.41, 5.74) is 6.17. The summed E-state index contributed by atoms with van der Waals surface area (Å²) in [6.07, 6.45) is 35.1. The van der Waals surface area contributed by atoms with Crippen LogP contribution in [-0.2, 0) is 4.74 Å². The third-order valence-electron chi connectivity index (χ3n) is 9.65. The lowest BCUT2D eigenvalue weighted by molar-refractivity contribution is 0.117. The van der Waals surface area contributed by atoms with Crippen molar-refractivity contribution in [3.05, 3.63) is 119 Å². The van der Waals surface area contributed by atoms with Crippen molar-refractivity contribution in [2.24, 2.45) is 22.7 Å². The predicted octanol–water partition coefficient (Wildman–Crippen LogP) is 10.9. The van der Waals surface area contributed by atoms with Gasteiger partial charge in [0.2, 0.25) is 0 Å². The van der Waals surface area contributed by atoms with E-state index in [0.717, 1.165) is 12.8 Å². The molecule has 0 amide bonds. The van der Waals surface area contributed by atoms with Crippen molar-refractivity contribution in [1.29, 1.82) is 0 Å². The van der Waals surface area contributed by atoms with Gasteiger partial charge in [-0.2, -0.15) is 0 Å². The monoisotopic (exact) mass is 582 g/mol. The normalized spacial score (nSPS) is 33.8. The van der Waals surface area contributed by atoms with E-state index in [1.165, 1.54) is 34.3 Å². The van der Waals surface area contributed by atoms with Crippen LogP contribution in [-0.4, -0.2) is 22.4 Å². The molecule has 1 heterocycles. The highest BCUT2D eigenvalue weighted by atomic mass is 16.6. The average Bonchev–Trinajstić information content (AvgIpc) is 3.49. The first kappa shape index (κ1) is 34.8. The SMILES string of the molecule is CC(C=CC=C(C)C=C[C@H]1C(C)=C[C@H](O)CC1(C)C)=CC=CC=C(C)C=CC=C(C)C=C[C@@]12O[C@]1(C)C[C@@H](C)CC2(C)C. The zero-order valence-electron chi connectivity index (χ0n) is 28.9. The minimum Gasteiger partial charge on any atom is -0.389 e. The third-order valence-corrected chi connectivity index (χ3v) is 9.65. The number of aliphatic hydroxyl groups excluding tert-OH is 1. The van der Waals surface area contributed by atoms with E-state index in [2.05, 4.69) is 161 Å². The molecule has 0 aromatic carbocycles. The van der Waals surface area contributed by atoms with E-state index in [1.54, 1.807) is 0 Å². The molecule has 1 aliphatic heterocycles. The van der Waals surface area contributed by atoms with E-state index in [0.29, 0.717) is 11.8 Å². The van der Waals surface area contributed by atoms with Gasteiger partial charge in [0.05, 0.1) is 6.10 Å². The molecule has 0 spiro atoms. The summed E-state index contributed by atoms with van der Waals surface area (Å²) in [7, 11) is 0. The van der Waals surface area contributed by atoms with Gasteiger partial charge in [0.1, 0.15) is 11.2 Å². The lowest BCUT2D eigenvalue weighted by Crippen LogP contribution is -2.43. The van der Waals surface area contributed by atoms with Gasteiger partial charge >= 0.3 is 0 Å². The van der Waals surface area contributed by atoms with Crippen LogP contribution >= 0.6 is 0 Å². The van der Waals surface area contributed by atoms with Crippen LogP contribution in [0.15, 0.2) is 119 Å². The lowest BCUT2D eigenvalue weighted by Gasteiger charge is -2.39. The van der Waals surface area contributed by atoms with E-state index in [9.17, 15) is 5.11 Å². The molecule has 0 bridgehead atoms. The summed E-state index contributed by atoms with van der Waals surface area (Å²) in [6.45, 7) is 24.5. The van der Waals surface area contributed by atoms with Crippen molar-refractivity contribution < 1.29 is 9.84 Å². The molecule has 0 radical (unpaired) electrons. The molecule has 0 aromatic heterocycles. The quantitative estimate of drug-likeness (QED) is 0.158. The van der Waals surface area contributed by atoms with Crippen LogP contribution in [0, 0.1) is 22.7 Å². The van der Waals surface area contributed by atoms with Crippen LogP contribution in [0.5, 0.6) is 0 Å². The van der Waals surface area contributed by atoms with Gasteiger partial charge in [0.25, 0.3) is 0 Å². The van der Waals surface area contributed by atoms with Gasteiger partial charge in [-0.1, -0.05) is 148 Å². The van der Waals surface area contributed by atoms with Gasteiger partial charge in [0.15, 0.2) is 0 Å². The fourth-order valence-corrected chi connectivity index (χ4v) is 7.57. The number of epoxide rings is 1. The van der Waals surface area contributed by atoms with Crippen LogP contribution in [0.25, 0.3) is 0 Å². The van der Waals surface area contributed by atoms with Crippen LogP contribution in [0.1, 0.15) is 95.4 Å². The standard InChI is InChI=1S/C41H58O2/c1-30(18-14-20-32(3)22-23-37-35(6)26-36(42)29-38(37,7)8)16-12-13-17-31(2)19-15-21-33(4)24-25-41-39(9,10)27-34(5)28-40(41,11)43-41/h12-26,34,36-37,42H,27-29H2,1-11H3/t34-,36-,37-,40+,41-/m0/s1. The van der Waals surface area contributed by atoms with Crippen molar-refractivity contribution in [1.82, 2.24) is 0 Å². The second kappa shape index (κ2) is 14.0. The Balaban J connectivity index is 1.49. The maximum atomic E-state index is 10.1. The number of hydrogen-bond donors (Lipinski definition) is 1. The molecule has 2 aliphatic carbocycles. The highest BCUT2D eigenvalue weighted by Crippen LogP contribution is 2.67. The van der Waals surface area contributed by atoms with Crippen molar-refractivity contribution in [2.45, 2.75) is 113 Å². The molecule has 3 rings (SSSR count). The molecular formula is C41H58O2. The second-order valence-corrected chi connectivity index (χ2v) is 15.1. The van der Waals surface area contributed by atoms with Gasteiger partial charge in [-0.25, -0.2) is 0 Å². The first-order valence-corrected chi connectivity index (χ1v) is 16.2. The molecule has 234 valence electrons. The summed E-state index contributed by atoms with van der Waals surface area (Å²) in [4.78, 5) is 0. The molecular weight excluding hydrogens is 524 g/mol. The van der Waals surface area contributed by atoms with Crippen molar-refractivity contribution in [3.8, 4) is 0 Å². The summed E-state index contributed by atoms with van der Waals surface area (Å²) < 4.78 is 6.41. The van der Waals surface area contributed by atoms with E-state index >= 15 is 0 Å². The second-order valence-electron chi connectivity index (χ2n) is 15.1. The molecule has 5 atom stereocenters. The maximum absolute atomic E-state index is 10.1. The number of ether oxygens (including phenoxy) is 1. The zero-order valence-corrected chi connectivity index (χ0v) is 28.9. The van der Waals surface area contributed by atoms with Crippen LogP contribution in [0.3, 0.4) is 0 Å². The van der Waals surface area contributed by atoms with Crippen LogP contribution < -0.4 is 0 Å². The fraction of sp³-hybridized carbons (Fsp3) is 0.512. The minimum atomic E-state index is -0.328. The zero-order chi connectivity index (χ0) is 32.1. The van der Waals surface area contributed by atoms with Gasteiger partial charge in [0, 0.05) is 11.3 Å². The van der Waals surface area contributed by atoms with Gasteiger partial charge < -0.3 is 9.84 Å². The summed E-state index contributed by atoms with van der Waals surface area (Å²) in [5, 5.41) is 10.1. The van der Waals surface area contributed by atoms with Gasteiger partial charge in [-0.3, -0.25) is 0 Å². The third kappa shape index (κ3) is 8.93. The molecule has 1 saturated carbocycles. The molecule has 2 fully saturated rings. The predicted molar refractivity (Wildman–Crippen MR) is 187 cm³/mol. The largest absolute Gasteiger partial charge is 0.389 e. The van der Waals surface area contributed by atoms with Gasteiger partial charge in [-0.05, 0) is 78.2 Å². The summed E-state index contributed by atoms with van der Waals surface area (Å²) >= 11 is 0. The minimum absolute atomic E-state index is 0.0161. The fourth-order valence-electron chi connectivity index (χ4n) is 7.57. The maximum Gasteiger partial charge on any atom is 0.121 e. The molecule has 1 saturated heterocycles. The molecule has 43 heavy (non-hydrogen) atoms. The average molecular weight is 583 g/mol. The van der Waals surface area contributed by atoms with E-state index < -0.39 is 0 Å². The van der Waals surface area contributed by atoms with Gasteiger partial charge in [-0.15, -0.1) is 0 Å². The topological polar surface area (TPSA) is 32.8 Å². The Labute approximate surface area is 263 Å². The lowest BCUT2D eigenvalue weighted by atomic mass is 9.61. The Hall–Kier alpha value is -2.68. The molecule has 0 aromatic rings. The first-order valence-electron chi connectivity index (χ1n) is 16.2. The molecule has 1 N–H and O–H groups in total. The van der Waals surface area contributed by atoms with Crippen LogP contribution in [0.4, 0.5) is 0 Å². The molecule has 3 aliphatic rings. The van der Waals surface area contributed by atoms with Crippen molar-refractivity contribution in [3.63, 3.8) is 0 Å². The number of fused-ring (bicyclic) bond motifs is 1.